The van der Waals surface area contributed by atoms with E-state index in [1.54, 1.807) is 0 Å². The van der Waals surface area contributed by atoms with E-state index in [0.29, 0.717) is 0 Å². The van der Waals surface area contributed by atoms with Crippen molar-refractivity contribution >= 4 is 80.8 Å². The zero-order chi connectivity index (χ0) is 39.9. The van der Waals surface area contributed by atoms with Gasteiger partial charge in [0.25, 0.3) is 0 Å². The van der Waals surface area contributed by atoms with Gasteiger partial charge in [-0.1, -0.05) is 134 Å². The lowest BCUT2D eigenvalue weighted by molar-refractivity contribution is 0.722. The molecular weight excluding hydrogens is 745 g/mol. The fraction of sp³-hybridized carbons (Fsp3) is 0.0877. The van der Waals surface area contributed by atoms with Gasteiger partial charge in [0, 0.05) is 64.0 Å². The summed E-state index contributed by atoms with van der Waals surface area (Å²) in [5.74, 6) is 0. The molecule has 0 fully saturated rings. The lowest BCUT2D eigenvalue weighted by atomic mass is 9.72. The second-order valence-electron chi connectivity index (χ2n) is 16.7. The number of fused-ring (bicyclic) bond motifs is 9. The Labute approximate surface area is 352 Å². The van der Waals surface area contributed by atoms with Crippen molar-refractivity contribution in [1.29, 1.82) is 0 Å². The van der Waals surface area contributed by atoms with Crippen LogP contribution in [0.5, 0.6) is 0 Å². The second kappa shape index (κ2) is 12.3. The summed E-state index contributed by atoms with van der Waals surface area (Å²) in [6.45, 7) is 6.82. The molecule has 1 atom stereocenters. The fourth-order valence-electron chi connectivity index (χ4n) is 11.1. The molecule has 14 rings (SSSR count). The van der Waals surface area contributed by atoms with Crippen molar-refractivity contribution in [3.63, 3.8) is 0 Å². The zero-order valence-corrected chi connectivity index (χ0v) is 34.6. The number of aromatic nitrogens is 2. The Bertz CT molecular complexity index is 3730. The summed E-state index contributed by atoms with van der Waals surface area (Å²) in [6.07, 6.45) is 7.74. The van der Waals surface area contributed by atoms with E-state index in [9.17, 15) is 0 Å². The predicted octanol–water partition coefficient (Wildman–Crippen LogP) is 16.1. The van der Waals surface area contributed by atoms with Gasteiger partial charge in [0.05, 0.1) is 27.8 Å². The summed E-state index contributed by atoms with van der Waals surface area (Å²) in [5, 5.41) is 7.82. The molecular formula is C57H40N2S. The van der Waals surface area contributed by atoms with Crippen LogP contribution in [0.1, 0.15) is 43.9 Å². The van der Waals surface area contributed by atoms with Crippen LogP contribution in [-0.2, 0) is 5.41 Å². The van der Waals surface area contributed by atoms with Crippen LogP contribution in [0.4, 0.5) is 0 Å². The fourth-order valence-corrected chi connectivity index (χ4v) is 12.4. The normalized spacial score (nSPS) is 15.8. The Morgan fingerprint density at radius 1 is 0.550 bits per heavy atom. The van der Waals surface area contributed by atoms with Gasteiger partial charge in [-0.25, -0.2) is 0 Å². The van der Waals surface area contributed by atoms with Crippen molar-refractivity contribution in [3.8, 4) is 39.1 Å². The maximum atomic E-state index is 2.58. The monoisotopic (exact) mass is 784 g/mol. The summed E-state index contributed by atoms with van der Waals surface area (Å²) < 4.78 is 7.70. The van der Waals surface area contributed by atoms with E-state index >= 15 is 0 Å². The van der Waals surface area contributed by atoms with Crippen molar-refractivity contribution in [2.75, 3.05) is 0 Å². The largest absolute Gasteiger partial charge is 0.310 e. The van der Waals surface area contributed by atoms with Crippen molar-refractivity contribution in [1.82, 2.24) is 9.13 Å². The molecule has 1 unspecified atom stereocenters. The molecule has 0 saturated heterocycles. The standard InChI is InChI=1S/C57H40N2S/c1-4-6-16-35(5-2)58-49-24-13-9-19-41(49)54-36(21-15-25-50(54)58)34-27-28-39-40-29-30-46(55-42-20-10-14-26-53(42)60-56(40)55)57(3)45-22-11-7-17-37(45)43-32-44-38-18-8-12-23-48(38)59(51(39)31-34)52(44)33-47(43)57/h5-33H,4H2,1-3H3/b16-6-,35-5+. The lowest BCUT2D eigenvalue weighted by Gasteiger charge is -2.29. The van der Waals surface area contributed by atoms with E-state index in [0.717, 1.165) is 6.42 Å². The summed E-state index contributed by atoms with van der Waals surface area (Å²) in [7, 11) is 0. The lowest BCUT2D eigenvalue weighted by Crippen LogP contribution is -2.22. The summed E-state index contributed by atoms with van der Waals surface area (Å²) >= 11 is 1.94. The highest BCUT2D eigenvalue weighted by Gasteiger charge is 2.43. The number of para-hydroxylation sites is 2. The Morgan fingerprint density at radius 2 is 1.28 bits per heavy atom. The first-order valence-electron chi connectivity index (χ1n) is 21.2. The second-order valence-corrected chi connectivity index (χ2v) is 17.8. The van der Waals surface area contributed by atoms with Crippen molar-refractivity contribution in [3.05, 3.63) is 193 Å². The molecule has 0 N–H and O–H groups in total. The van der Waals surface area contributed by atoms with E-state index in [-0.39, 0.29) is 5.41 Å². The predicted molar refractivity (Wildman–Crippen MR) is 258 cm³/mol. The molecule has 60 heavy (non-hydrogen) atoms. The number of hydrogen-bond donors (Lipinski definition) is 0. The smallest absolute Gasteiger partial charge is 0.0547 e. The van der Waals surface area contributed by atoms with Crippen LogP contribution >= 0.6 is 11.3 Å². The average Bonchev–Trinajstić information content (AvgIpc) is 4.01. The van der Waals surface area contributed by atoms with Gasteiger partial charge in [0.15, 0.2) is 0 Å². The van der Waals surface area contributed by atoms with Crippen molar-refractivity contribution in [2.24, 2.45) is 0 Å². The molecule has 0 spiro atoms. The summed E-state index contributed by atoms with van der Waals surface area (Å²) in [5.41, 5.74) is 18.7. The van der Waals surface area contributed by atoms with Crippen LogP contribution in [0, 0.1) is 0 Å². The first kappa shape index (κ1) is 34.0. The Kier molecular flexibility index (Phi) is 6.96. The molecule has 5 heterocycles. The first-order chi connectivity index (χ1) is 29.6. The van der Waals surface area contributed by atoms with Crippen LogP contribution < -0.4 is 0 Å². The topological polar surface area (TPSA) is 9.86 Å². The molecule has 284 valence electrons. The number of benzene rings is 8. The molecule has 8 aromatic carbocycles. The van der Waals surface area contributed by atoms with E-state index in [1.165, 1.54) is 125 Å². The van der Waals surface area contributed by atoms with Gasteiger partial charge in [-0.15, -0.1) is 11.3 Å². The molecule has 0 radical (unpaired) electrons. The van der Waals surface area contributed by atoms with Crippen LogP contribution in [0.25, 0.3) is 109 Å². The highest BCUT2D eigenvalue weighted by molar-refractivity contribution is 7.26. The van der Waals surface area contributed by atoms with Crippen molar-refractivity contribution in [2.45, 2.75) is 32.6 Å². The number of thiophene rings is 1. The minimum Gasteiger partial charge on any atom is -0.310 e. The van der Waals surface area contributed by atoms with Gasteiger partial charge in [0.2, 0.25) is 0 Å². The Balaban J connectivity index is 1.20. The molecule has 3 aliphatic rings. The Morgan fingerprint density at radius 3 is 2.15 bits per heavy atom. The van der Waals surface area contributed by atoms with Gasteiger partial charge in [-0.2, -0.15) is 0 Å². The quantitative estimate of drug-likeness (QED) is 0.157. The third-order valence-corrected chi connectivity index (χ3v) is 15.0. The first-order valence-corrected chi connectivity index (χ1v) is 22.0. The molecule has 2 aliphatic heterocycles. The zero-order valence-electron chi connectivity index (χ0n) is 33.8. The highest BCUT2D eigenvalue weighted by Crippen LogP contribution is 2.58. The third kappa shape index (κ3) is 4.27. The number of rotatable bonds is 4. The third-order valence-electron chi connectivity index (χ3n) is 13.8. The van der Waals surface area contributed by atoms with E-state index in [1.807, 2.05) is 11.3 Å². The van der Waals surface area contributed by atoms with Gasteiger partial charge >= 0.3 is 0 Å². The molecule has 1 aliphatic carbocycles. The molecule has 0 saturated carbocycles. The maximum Gasteiger partial charge on any atom is 0.0547 e. The Hall–Kier alpha value is -6.94. The molecule has 0 amide bonds. The van der Waals surface area contributed by atoms with E-state index in [2.05, 4.69) is 206 Å². The SMILES string of the molecule is C/C=C(\C=C/CC)n1c2ccccc2c2c(-c3ccc4c(c3)-n3c5ccccc5c5cc6c(cc53)C(C)(c3ccccc3-6)c3ccc-4c4sc5ccccc5c34)cccc21. The molecule has 2 nitrogen and oxygen atoms in total. The number of nitrogens with zero attached hydrogens (tertiary/aromatic N) is 2. The van der Waals surface area contributed by atoms with Gasteiger partial charge in [-0.05, 0) is 108 Å². The van der Waals surface area contributed by atoms with E-state index in [4.69, 9.17) is 0 Å². The average molecular weight is 785 g/mol. The molecule has 11 aromatic rings. The van der Waals surface area contributed by atoms with Crippen molar-refractivity contribution < 1.29 is 0 Å². The summed E-state index contributed by atoms with van der Waals surface area (Å²) in [6, 6.07) is 60.2. The number of hydrogen-bond acceptors (Lipinski definition) is 1. The highest BCUT2D eigenvalue weighted by atomic mass is 32.1. The van der Waals surface area contributed by atoms with Crippen LogP contribution in [0.15, 0.2) is 176 Å². The van der Waals surface area contributed by atoms with Gasteiger partial charge in [-0.3, -0.25) is 0 Å². The maximum absolute atomic E-state index is 2.58. The molecule has 3 aromatic heterocycles. The van der Waals surface area contributed by atoms with E-state index < -0.39 is 0 Å². The minimum atomic E-state index is -0.355. The molecule has 4 bridgehead atoms. The molecule has 3 heteroatoms. The van der Waals surface area contributed by atoms with Crippen LogP contribution in [-0.4, -0.2) is 9.13 Å². The van der Waals surface area contributed by atoms with Crippen LogP contribution in [0.3, 0.4) is 0 Å². The van der Waals surface area contributed by atoms with Crippen LogP contribution in [0.2, 0.25) is 0 Å². The summed E-state index contributed by atoms with van der Waals surface area (Å²) in [4.78, 5) is 0. The van der Waals surface area contributed by atoms with Gasteiger partial charge in [0.1, 0.15) is 0 Å². The number of allylic oxidation sites excluding steroid dienone is 4. The van der Waals surface area contributed by atoms with Gasteiger partial charge < -0.3 is 9.13 Å². The minimum absolute atomic E-state index is 0.355.